The van der Waals surface area contributed by atoms with Gasteiger partial charge in [-0.2, -0.15) is 17.2 Å². The predicted octanol–water partition coefficient (Wildman–Crippen LogP) is 15.1. The van der Waals surface area contributed by atoms with Crippen LogP contribution in [-0.2, 0) is 39.5 Å². The molecule has 4 aromatic rings. The number of allylic oxidation sites excluding steroid dienone is 8. The summed E-state index contributed by atoms with van der Waals surface area (Å²) in [6.07, 6.45) is 14.1. The molecule has 0 aliphatic heterocycles. The Balaban J connectivity index is 0.000000197. The quantitative estimate of drug-likeness (QED) is 0.158. The predicted molar refractivity (Wildman–Crippen MR) is 248 cm³/mol. The second-order valence-electron chi connectivity index (χ2n) is 17.4. The third kappa shape index (κ3) is 10.2. The van der Waals surface area contributed by atoms with Crippen LogP contribution < -0.4 is 0 Å². The van der Waals surface area contributed by atoms with Crippen LogP contribution in [0, 0.1) is 23.5 Å². The van der Waals surface area contributed by atoms with E-state index in [9.17, 15) is 0 Å². The molecule has 0 amide bonds. The van der Waals surface area contributed by atoms with Crippen LogP contribution in [0.4, 0.5) is 0 Å². The van der Waals surface area contributed by atoms with Crippen LogP contribution in [0.3, 0.4) is 0 Å². The van der Waals surface area contributed by atoms with Gasteiger partial charge in [0.2, 0.25) is 0 Å². The summed E-state index contributed by atoms with van der Waals surface area (Å²) in [5.41, 5.74) is 20.3. The fourth-order valence-corrected chi connectivity index (χ4v) is 10.7. The van der Waals surface area contributed by atoms with Crippen molar-refractivity contribution in [3.05, 3.63) is 163 Å². The van der Waals surface area contributed by atoms with Crippen molar-refractivity contribution in [1.29, 1.82) is 0 Å². The Labute approximate surface area is 370 Å². The van der Waals surface area contributed by atoms with Gasteiger partial charge in [-0.3, -0.25) is 12.2 Å². The van der Waals surface area contributed by atoms with E-state index in [0.717, 1.165) is 22.9 Å². The average Bonchev–Trinajstić information content (AvgIpc) is 3.80. The summed E-state index contributed by atoms with van der Waals surface area (Å²) < 4.78 is 4.66. The van der Waals surface area contributed by atoms with Crippen molar-refractivity contribution in [1.82, 2.24) is 0 Å². The molecule has 8 rings (SSSR count). The van der Waals surface area contributed by atoms with Gasteiger partial charge in [0.15, 0.2) is 0 Å². The average molecular weight is 902 g/mol. The first-order valence-corrected chi connectivity index (χ1v) is 22.9. The number of hydrogen-bond donors (Lipinski definition) is 0. The molecule has 1 unspecified atom stereocenters. The van der Waals surface area contributed by atoms with E-state index < -0.39 is 22.3 Å². The SMILES string of the molecule is CC1=[C-]C(C)(C)c2cc3c(cc21)-c1cc2c(cc1C3)C(C)(C)C=C2C.CCC1=[C-]C(C)C=C1C(C)(C)C.Cl.Cl.Clc1ccc([CH]=[Zr]=[CH]c2ccc(Cl)cc2)cc1. The Kier molecular flexibility index (Phi) is 15.1. The van der Waals surface area contributed by atoms with E-state index in [1.807, 2.05) is 24.3 Å². The first kappa shape index (κ1) is 46.3. The number of benzene rings is 4. The van der Waals surface area contributed by atoms with E-state index in [2.05, 4.69) is 156 Å². The summed E-state index contributed by atoms with van der Waals surface area (Å²) in [5, 5.41) is 1.57. The zero-order valence-electron chi connectivity index (χ0n) is 34.8. The topological polar surface area (TPSA) is 0 Å². The molecule has 4 aromatic carbocycles. The van der Waals surface area contributed by atoms with Crippen LogP contribution in [-0.4, -0.2) is 7.42 Å². The van der Waals surface area contributed by atoms with Crippen molar-refractivity contribution in [2.24, 2.45) is 11.3 Å². The maximum absolute atomic E-state index is 5.84. The molecule has 294 valence electrons. The zero-order chi connectivity index (χ0) is 39.2. The standard InChI is InChI=1S/C25H25.C12H19.2C7H5Cl.2ClH.Zr/c1-14-12-24(3,4)22-8-16-7-17-9-23-19(15(2)13-25(23,5)6)11-21(17)20(16)10-18(14)22;1-6-10-7-9(2)8-11(10)12(3,4)5;2*1-6-2-4-7(8)5-3-6;;;/h8-12H,7H2,1-6H3;8-9H,6H2,1-5H3;2*1-5H;2*1H;/q2*-1;;;;;. The zero-order valence-corrected chi connectivity index (χ0v) is 40.4. The van der Waals surface area contributed by atoms with E-state index in [4.69, 9.17) is 23.2 Å². The Morgan fingerprint density at radius 2 is 1.25 bits per heavy atom. The third-order valence-corrected chi connectivity index (χ3v) is 13.9. The van der Waals surface area contributed by atoms with Gasteiger partial charge in [0.25, 0.3) is 0 Å². The van der Waals surface area contributed by atoms with Gasteiger partial charge in [0.1, 0.15) is 0 Å². The first-order chi connectivity index (χ1) is 25.4. The van der Waals surface area contributed by atoms with E-state index in [1.54, 1.807) is 0 Å². The molecule has 0 radical (unpaired) electrons. The summed E-state index contributed by atoms with van der Waals surface area (Å²) in [6.45, 7) is 24.9. The number of hydrogen-bond acceptors (Lipinski definition) is 0. The van der Waals surface area contributed by atoms with Gasteiger partial charge in [0.05, 0.1) is 0 Å². The van der Waals surface area contributed by atoms with Crippen LogP contribution in [0.5, 0.6) is 0 Å². The molecule has 0 saturated heterocycles. The Hall–Kier alpha value is -2.38. The molecule has 0 bridgehead atoms. The summed E-state index contributed by atoms with van der Waals surface area (Å²) in [7, 11) is 0. The molecule has 4 aliphatic carbocycles. The van der Waals surface area contributed by atoms with Crippen molar-refractivity contribution < 1.29 is 22.3 Å². The second-order valence-corrected chi connectivity index (χ2v) is 20.5. The summed E-state index contributed by atoms with van der Waals surface area (Å²) in [5.74, 6) is 0.522. The molecule has 0 spiro atoms. The molecular formula is C51H56Cl4Zr-2. The number of fused-ring (bicyclic) bond motifs is 5. The normalized spacial score (nSPS) is 17.2. The molecular weight excluding hydrogens is 846 g/mol. The molecule has 56 heavy (non-hydrogen) atoms. The van der Waals surface area contributed by atoms with Crippen LogP contribution in [0.2, 0.25) is 10.0 Å². The van der Waals surface area contributed by atoms with Gasteiger partial charge in [-0.25, -0.2) is 11.1 Å². The summed E-state index contributed by atoms with van der Waals surface area (Å²) in [4.78, 5) is 0. The minimum atomic E-state index is -0.623. The Morgan fingerprint density at radius 3 is 1.73 bits per heavy atom. The van der Waals surface area contributed by atoms with E-state index in [-0.39, 0.29) is 35.6 Å². The molecule has 1 atom stereocenters. The molecule has 0 aromatic heterocycles. The van der Waals surface area contributed by atoms with Gasteiger partial charge < -0.3 is 0 Å². The fraction of sp³-hybridized carbons (Fsp3) is 0.333. The van der Waals surface area contributed by atoms with Gasteiger partial charge in [0, 0.05) is 5.41 Å². The Morgan fingerprint density at radius 1 is 0.750 bits per heavy atom. The van der Waals surface area contributed by atoms with Gasteiger partial charge in [-0.05, 0) is 58.4 Å². The minimum absolute atomic E-state index is 0. The molecule has 5 heteroatoms. The van der Waals surface area contributed by atoms with Gasteiger partial charge in [-0.15, -0.1) is 36.4 Å². The van der Waals surface area contributed by atoms with E-state index in [1.165, 1.54) is 77.9 Å². The fourth-order valence-electron chi connectivity index (χ4n) is 8.37. The van der Waals surface area contributed by atoms with Crippen LogP contribution in [0.25, 0.3) is 22.3 Å². The molecule has 0 nitrogen and oxygen atoms in total. The monoisotopic (exact) mass is 898 g/mol. The van der Waals surface area contributed by atoms with Crippen molar-refractivity contribution in [2.45, 2.75) is 99.8 Å². The number of rotatable bonds is 3. The molecule has 0 heterocycles. The molecule has 0 N–H and O–H groups in total. The first-order valence-electron chi connectivity index (χ1n) is 19.3. The van der Waals surface area contributed by atoms with Crippen molar-refractivity contribution in [3.63, 3.8) is 0 Å². The van der Waals surface area contributed by atoms with Crippen LogP contribution >= 0.6 is 48.0 Å². The van der Waals surface area contributed by atoms with Gasteiger partial charge in [-0.1, -0.05) is 111 Å². The molecule has 0 saturated carbocycles. The van der Waals surface area contributed by atoms with Crippen molar-refractivity contribution >= 4 is 66.6 Å². The maximum atomic E-state index is 5.84. The second kappa shape index (κ2) is 18.3. The number of halogens is 4. The molecule has 0 fully saturated rings. The summed E-state index contributed by atoms with van der Waals surface area (Å²) in [6, 6.07) is 25.7. The van der Waals surface area contributed by atoms with E-state index in [0.29, 0.717) is 11.3 Å². The van der Waals surface area contributed by atoms with Gasteiger partial charge >= 0.3 is 123 Å². The Bertz CT molecular complexity index is 2150. The van der Waals surface area contributed by atoms with Crippen molar-refractivity contribution in [3.8, 4) is 11.1 Å². The van der Waals surface area contributed by atoms with Crippen molar-refractivity contribution in [2.75, 3.05) is 0 Å². The van der Waals surface area contributed by atoms with Crippen LogP contribution in [0.1, 0.15) is 127 Å². The molecule has 4 aliphatic rings. The van der Waals surface area contributed by atoms with Crippen LogP contribution in [0.15, 0.2) is 96.1 Å². The summed E-state index contributed by atoms with van der Waals surface area (Å²) >= 11 is 11.0. The third-order valence-electron chi connectivity index (χ3n) is 11.0. The van der Waals surface area contributed by atoms with E-state index >= 15 is 0 Å².